The van der Waals surface area contributed by atoms with Crippen molar-refractivity contribution in [1.29, 1.82) is 0 Å². The number of carbonyl (C=O) groups is 1. The third kappa shape index (κ3) is 3.48. The van der Waals surface area contributed by atoms with E-state index >= 15 is 0 Å². The van der Waals surface area contributed by atoms with E-state index in [1.54, 1.807) is 13.2 Å². The predicted octanol–water partition coefficient (Wildman–Crippen LogP) is 3.16. The number of hydrogen-bond donors (Lipinski definition) is 2. The molecule has 0 aliphatic rings. The number of halogens is 1. The number of methoxy groups -OCH3 is 1. The number of carboxylic acid groups (broad SMARTS) is 1. The second-order valence-electron chi connectivity index (χ2n) is 4.04. The van der Waals surface area contributed by atoms with Crippen LogP contribution in [0.15, 0.2) is 41.0 Å². The van der Waals surface area contributed by atoms with E-state index in [2.05, 4.69) is 26.2 Å². The Kier molecular flexibility index (Phi) is 4.57. The molecule has 1 aromatic carbocycles. The molecule has 6 heteroatoms. The first kappa shape index (κ1) is 14.3. The van der Waals surface area contributed by atoms with Gasteiger partial charge < -0.3 is 15.2 Å². The van der Waals surface area contributed by atoms with E-state index in [0.717, 1.165) is 21.6 Å². The summed E-state index contributed by atoms with van der Waals surface area (Å²) in [6.07, 6.45) is 1.34. The average molecular weight is 337 g/mol. The maximum atomic E-state index is 10.7. The van der Waals surface area contributed by atoms with Crippen LogP contribution < -0.4 is 10.1 Å². The quantitative estimate of drug-likeness (QED) is 0.877. The van der Waals surface area contributed by atoms with Crippen LogP contribution in [0.1, 0.15) is 16.1 Å². The number of aromatic nitrogens is 1. The van der Waals surface area contributed by atoms with Crippen LogP contribution in [0, 0.1) is 0 Å². The Morgan fingerprint density at radius 2 is 2.20 bits per heavy atom. The number of benzene rings is 1. The summed E-state index contributed by atoms with van der Waals surface area (Å²) in [6, 6.07) is 8.87. The summed E-state index contributed by atoms with van der Waals surface area (Å²) in [5.74, 6) is -0.249. The van der Waals surface area contributed by atoms with Gasteiger partial charge in [0.15, 0.2) is 0 Å². The number of carboxylic acids is 1. The zero-order chi connectivity index (χ0) is 14.5. The Bertz CT molecular complexity index is 614. The monoisotopic (exact) mass is 336 g/mol. The molecule has 20 heavy (non-hydrogen) atoms. The Morgan fingerprint density at radius 3 is 2.80 bits per heavy atom. The highest BCUT2D eigenvalue weighted by atomic mass is 79.9. The molecule has 104 valence electrons. The number of pyridine rings is 1. The van der Waals surface area contributed by atoms with Crippen molar-refractivity contribution in [3.8, 4) is 5.75 Å². The van der Waals surface area contributed by atoms with E-state index in [-0.39, 0.29) is 5.56 Å². The highest BCUT2D eigenvalue weighted by Gasteiger charge is 2.05. The summed E-state index contributed by atoms with van der Waals surface area (Å²) in [5.41, 5.74) is 1.76. The largest absolute Gasteiger partial charge is 0.495 e. The van der Waals surface area contributed by atoms with Gasteiger partial charge in [0.2, 0.25) is 0 Å². The normalized spacial score (nSPS) is 10.1. The number of anilines is 1. The SMILES string of the molecule is COc1ccc(Br)cc1NCc1ccc(C(=O)O)cn1. The van der Waals surface area contributed by atoms with Crippen LogP contribution >= 0.6 is 15.9 Å². The van der Waals surface area contributed by atoms with E-state index in [0.29, 0.717) is 6.54 Å². The van der Waals surface area contributed by atoms with Crippen molar-refractivity contribution >= 4 is 27.6 Å². The zero-order valence-electron chi connectivity index (χ0n) is 10.8. The lowest BCUT2D eigenvalue weighted by atomic mass is 10.2. The van der Waals surface area contributed by atoms with Crippen molar-refractivity contribution in [2.75, 3.05) is 12.4 Å². The third-order valence-corrected chi connectivity index (χ3v) is 3.19. The van der Waals surface area contributed by atoms with Gasteiger partial charge in [0.25, 0.3) is 0 Å². The van der Waals surface area contributed by atoms with Gasteiger partial charge >= 0.3 is 5.97 Å². The fourth-order valence-corrected chi connectivity index (χ4v) is 2.02. The molecule has 0 aliphatic carbocycles. The highest BCUT2D eigenvalue weighted by Crippen LogP contribution is 2.28. The topological polar surface area (TPSA) is 71.5 Å². The Morgan fingerprint density at radius 1 is 1.40 bits per heavy atom. The van der Waals surface area contributed by atoms with E-state index in [9.17, 15) is 4.79 Å². The number of nitrogens with zero attached hydrogens (tertiary/aromatic N) is 1. The van der Waals surface area contributed by atoms with Crippen LogP contribution in [0.3, 0.4) is 0 Å². The highest BCUT2D eigenvalue weighted by molar-refractivity contribution is 9.10. The lowest BCUT2D eigenvalue weighted by Gasteiger charge is -2.11. The molecule has 0 saturated carbocycles. The first-order chi connectivity index (χ1) is 9.60. The van der Waals surface area contributed by atoms with Gasteiger partial charge in [-0.1, -0.05) is 15.9 Å². The number of aromatic carboxylic acids is 1. The molecule has 0 amide bonds. The molecule has 0 saturated heterocycles. The standard InChI is InChI=1S/C14H13BrN2O3/c1-20-13-5-3-10(15)6-12(13)17-8-11-4-2-9(7-16-11)14(18)19/h2-7,17H,8H2,1H3,(H,18,19). The molecule has 0 unspecified atom stereocenters. The van der Waals surface area contributed by atoms with Gasteiger partial charge in [0.05, 0.1) is 30.6 Å². The van der Waals surface area contributed by atoms with Crippen molar-refractivity contribution < 1.29 is 14.6 Å². The van der Waals surface area contributed by atoms with Crippen LogP contribution in [0.2, 0.25) is 0 Å². The zero-order valence-corrected chi connectivity index (χ0v) is 12.3. The lowest BCUT2D eigenvalue weighted by Crippen LogP contribution is -2.04. The minimum Gasteiger partial charge on any atom is -0.495 e. The number of ether oxygens (including phenoxy) is 1. The molecule has 2 aromatic rings. The predicted molar refractivity (Wildman–Crippen MR) is 79.2 cm³/mol. The van der Waals surface area contributed by atoms with Crippen molar-refractivity contribution in [3.05, 3.63) is 52.3 Å². The second-order valence-corrected chi connectivity index (χ2v) is 4.96. The van der Waals surface area contributed by atoms with Gasteiger partial charge in [0, 0.05) is 10.7 Å². The van der Waals surface area contributed by atoms with Crippen molar-refractivity contribution in [2.24, 2.45) is 0 Å². The van der Waals surface area contributed by atoms with Crippen LogP contribution in [0.5, 0.6) is 5.75 Å². The van der Waals surface area contributed by atoms with Crippen LogP contribution in [0.4, 0.5) is 5.69 Å². The van der Waals surface area contributed by atoms with Crippen molar-refractivity contribution in [3.63, 3.8) is 0 Å². The minimum atomic E-state index is -0.981. The van der Waals surface area contributed by atoms with Gasteiger partial charge in [-0.05, 0) is 30.3 Å². The summed E-state index contributed by atoms with van der Waals surface area (Å²) in [7, 11) is 1.61. The number of hydrogen-bond acceptors (Lipinski definition) is 4. The molecule has 0 bridgehead atoms. The van der Waals surface area contributed by atoms with E-state index < -0.39 is 5.97 Å². The molecule has 5 nitrogen and oxygen atoms in total. The van der Waals surface area contributed by atoms with Gasteiger partial charge in [-0.2, -0.15) is 0 Å². The summed E-state index contributed by atoms with van der Waals surface area (Å²) in [5, 5.41) is 12.0. The van der Waals surface area contributed by atoms with Gasteiger partial charge in [-0.3, -0.25) is 4.98 Å². The van der Waals surface area contributed by atoms with E-state index in [1.165, 1.54) is 12.3 Å². The molecule has 1 aromatic heterocycles. The third-order valence-electron chi connectivity index (χ3n) is 2.69. The molecular weight excluding hydrogens is 324 g/mol. The maximum Gasteiger partial charge on any atom is 0.337 e. The molecule has 0 spiro atoms. The van der Waals surface area contributed by atoms with E-state index in [1.807, 2.05) is 18.2 Å². The van der Waals surface area contributed by atoms with Crippen molar-refractivity contribution in [2.45, 2.75) is 6.54 Å². The fraction of sp³-hybridized carbons (Fsp3) is 0.143. The van der Waals surface area contributed by atoms with Gasteiger partial charge in [-0.15, -0.1) is 0 Å². The van der Waals surface area contributed by atoms with Gasteiger partial charge in [-0.25, -0.2) is 4.79 Å². The second kappa shape index (κ2) is 6.38. The molecule has 0 aliphatic heterocycles. The summed E-state index contributed by atoms with van der Waals surface area (Å²) in [4.78, 5) is 14.8. The first-order valence-corrected chi connectivity index (χ1v) is 6.65. The molecule has 2 rings (SSSR count). The Balaban J connectivity index is 2.08. The molecule has 0 radical (unpaired) electrons. The van der Waals surface area contributed by atoms with Crippen molar-refractivity contribution in [1.82, 2.24) is 4.98 Å². The molecular formula is C14H13BrN2O3. The minimum absolute atomic E-state index is 0.175. The molecule has 0 atom stereocenters. The van der Waals surface area contributed by atoms with E-state index in [4.69, 9.17) is 9.84 Å². The average Bonchev–Trinajstić information content (AvgIpc) is 2.45. The maximum absolute atomic E-state index is 10.7. The summed E-state index contributed by atoms with van der Waals surface area (Å²) in [6.45, 7) is 0.479. The van der Waals surface area contributed by atoms with Crippen LogP contribution in [0.25, 0.3) is 0 Å². The fourth-order valence-electron chi connectivity index (χ4n) is 1.66. The van der Waals surface area contributed by atoms with Crippen LogP contribution in [-0.4, -0.2) is 23.2 Å². The Labute approximate surface area is 124 Å². The molecule has 2 N–H and O–H groups in total. The lowest BCUT2D eigenvalue weighted by molar-refractivity contribution is 0.0696. The number of rotatable bonds is 5. The molecule has 1 heterocycles. The summed E-state index contributed by atoms with van der Waals surface area (Å²) < 4.78 is 6.20. The summed E-state index contributed by atoms with van der Waals surface area (Å²) >= 11 is 3.40. The van der Waals surface area contributed by atoms with Crippen LogP contribution in [-0.2, 0) is 6.54 Å². The smallest absolute Gasteiger partial charge is 0.337 e. The Hall–Kier alpha value is -2.08. The molecule has 0 fully saturated rings. The van der Waals surface area contributed by atoms with Gasteiger partial charge in [0.1, 0.15) is 5.75 Å². The first-order valence-electron chi connectivity index (χ1n) is 5.86. The number of nitrogens with one attached hydrogen (secondary N) is 1.